The second kappa shape index (κ2) is 6.41. The van der Waals surface area contributed by atoms with Crippen molar-refractivity contribution >= 4 is 17.2 Å². The normalized spacial score (nSPS) is 13.4. The van der Waals surface area contributed by atoms with E-state index in [1.807, 2.05) is 36.4 Å². The summed E-state index contributed by atoms with van der Waals surface area (Å²) in [5.41, 5.74) is 4.96. The van der Waals surface area contributed by atoms with E-state index < -0.39 is 0 Å². The van der Waals surface area contributed by atoms with Crippen LogP contribution in [0.1, 0.15) is 16.1 Å². The van der Waals surface area contributed by atoms with Crippen molar-refractivity contribution in [2.24, 2.45) is 0 Å². The van der Waals surface area contributed by atoms with Crippen LogP contribution in [-0.4, -0.2) is 29.4 Å². The van der Waals surface area contributed by atoms with Crippen molar-refractivity contribution in [1.29, 1.82) is 0 Å². The van der Waals surface area contributed by atoms with Crippen LogP contribution >= 0.6 is 0 Å². The molecule has 0 bridgehead atoms. The number of rotatable bonds is 4. The van der Waals surface area contributed by atoms with Crippen LogP contribution in [0.25, 0.3) is 11.3 Å². The predicted molar refractivity (Wildman–Crippen MR) is 96.3 cm³/mol. The van der Waals surface area contributed by atoms with Gasteiger partial charge in [-0.25, -0.2) is 0 Å². The monoisotopic (exact) mass is 334 g/mol. The van der Waals surface area contributed by atoms with Crippen molar-refractivity contribution in [2.75, 3.05) is 19.0 Å². The summed E-state index contributed by atoms with van der Waals surface area (Å²) in [5, 5.41) is 6.53. The topological polar surface area (TPSA) is 79.0 Å². The van der Waals surface area contributed by atoms with E-state index in [0.717, 1.165) is 28.3 Å². The lowest BCUT2D eigenvalue weighted by atomic mass is 10.0. The minimum absolute atomic E-state index is 0.0650. The fraction of sp³-hybridized carbons (Fsp3) is 0.158. The summed E-state index contributed by atoms with van der Waals surface area (Å²) in [7, 11) is 1.61. The van der Waals surface area contributed by atoms with E-state index in [1.165, 1.54) is 0 Å². The highest BCUT2D eigenvalue weighted by Gasteiger charge is 2.27. The fourth-order valence-corrected chi connectivity index (χ4v) is 3.12. The van der Waals surface area contributed by atoms with Crippen molar-refractivity contribution in [2.45, 2.75) is 6.54 Å². The highest BCUT2D eigenvalue weighted by atomic mass is 16.5. The standard InChI is InChI=1S/C19H18N4O2/c1-25-16-11-20-8-7-13(16)18-19(22-12-5-3-2-4-6-12)17-14(23-18)9-21-10-15(17)24/h2-8,11,21-23H,9-10H2,1H3. The molecule has 4 rings (SSSR count). The summed E-state index contributed by atoms with van der Waals surface area (Å²) < 4.78 is 5.45. The maximum Gasteiger partial charge on any atom is 0.180 e. The number of Topliss-reactive ketones (excluding diaryl/α,β-unsaturated/α-hetero) is 1. The molecule has 3 aromatic rings. The number of anilines is 2. The largest absolute Gasteiger partial charge is 0.494 e. The van der Waals surface area contributed by atoms with Gasteiger partial charge in [0.1, 0.15) is 5.75 Å². The molecule has 1 aliphatic heterocycles. The molecule has 0 atom stereocenters. The molecule has 25 heavy (non-hydrogen) atoms. The molecule has 0 spiro atoms. The van der Waals surface area contributed by atoms with Crippen LogP contribution in [0.5, 0.6) is 5.75 Å². The minimum atomic E-state index is 0.0650. The summed E-state index contributed by atoms with van der Waals surface area (Å²) in [6.07, 6.45) is 3.38. The van der Waals surface area contributed by atoms with Crippen LogP contribution < -0.4 is 15.4 Å². The Morgan fingerprint density at radius 3 is 2.80 bits per heavy atom. The molecule has 0 radical (unpaired) electrons. The van der Waals surface area contributed by atoms with Crippen LogP contribution in [0.4, 0.5) is 11.4 Å². The number of aromatic nitrogens is 2. The Morgan fingerprint density at radius 1 is 1.16 bits per heavy atom. The number of pyridine rings is 1. The molecule has 0 aliphatic carbocycles. The van der Waals surface area contributed by atoms with Gasteiger partial charge in [-0.1, -0.05) is 18.2 Å². The lowest BCUT2D eigenvalue weighted by Crippen LogP contribution is -2.29. The van der Waals surface area contributed by atoms with E-state index >= 15 is 0 Å². The zero-order valence-corrected chi connectivity index (χ0v) is 13.8. The van der Waals surface area contributed by atoms with Crippen LogP contribution in [0, 0.1) is 0 Å². The number of fused-ring (bicyclic) bond motifs is 1. The number of para-hydroxylation sites is 1. The van der Waals surface area contributed by atoms with Crippen molar-refractivity contribution in [3.8, 4) is 17.0 Å². The Hall–Kier alpha value is -3.12. The summed E-state index contributed by atoms with van der Waals surface area (Å²) in [4.78, 5) is 20.0. The second-order valence-electron chi connectivity index (χ2n) is 5.82. The fourth-order valence-electron chi connectivity index (χ4n) is 3.12. The van der Waals surface area contributed by atoms with Gasteiger partial charge >= 0.3 is 0 Å². The molecule has 6 heteroatoms. The number of H-pyrrole nitrogens is 1. The molecule has 3 N–H and O–H groups in total. The molecule has 0 fully saturated rings. The molecule has 6 nitrogen and oxygen atoms in total. The minimum Gasteiger partial charge on any atom is -0.494 e. The van der Waals surface area contributed by atoms with E-state index in [4.69, 9.17) is 4.74 Å². The average Bonchev–Trinajstić information content (AvgIpc) is 3.02. The molecule has 126 valence electrons. The van der Waals surface area contributed by atoms with E-state index in [2.05, 4.69) is 20.6 Å². The number of nitrogens with zero attached hydrogens (tertiary/aromatic N) is 1. The molecular formula is C19H18N4O2. The molecule has 3 heterocycles. The van der Waals surface area contributed by atoms with Crippen LogP contribution in [0.15, 0.2) is 48.8 Å². The maximum atomic E-state index is 12.5. The molecule has 1 aliphatic rings. The quantitative estimate of drug-likeness (QED) is 0.683. The maximum absolute atomic E-state index is 12.5. The van der Waals surface area contributed by atoms with Gasteiger partial charge in [-0.15, -0.1) is 0 Å². The number of nitrogens with one attached hydrogen (secondary N) is 3. The third-order valence-electron chi connectivity index (χ3n) is 4.26. The van der Waals surface area contributed by atoms with Gasteiger partial charge in [-0.05, 0) is 18.2 Å². The number of methoxy groups -OCH3 is 1. The number of ether oxygens (including phenoxy) is 1. The van der Waals surface area contributed by atoms with Gasteiger partial charge in [0.15, 0.2) is 5.78 Å². The van der Waals surface area contributed by atoms with E-state index in [-0.39, 0.29) is 5.78 Å². The highest BCUT2D eigenvalue weighted by Crippen LogP contribution is 2.39. The first-order chi connectivity index (χ1) is 12.3. The molecule has 0 saturated heterocycles. The number of carbonyl (C=O) groups excluding carboxylic acids is 1. The van der Waals surface area contributed by atoms with Gasteiger partial charge in [-0.3, -0.25) is 9.78 Å². The van der Waals surface area contributed by atoms with E-state index in [9.17, 15) is 4.79 Å². The van der Waals surface area contributed by atoms with Crippen molar-refractivity contribution < 1.29 is 9.53 Å². The predicted octanol–water partition coefficient (Wildman–Crippen LogP) is 3.11. The van der Waals surface area contributed by atoms with Gasteiger partial charge in [0.2, 0.25) is 0 Å². The molecular weight excluding hydrogens is 316 g/mol. The Bertz CT molecular complexity index is 918. The Morgan fingerprint density at radius 2 is 2.00 bits per heavy atom. The van der Waals surface area contributed by atoms with Crippen molar-refractivity contribution in [3.05, 3.63) is 60.0 Å². The first-order valence-electron chi connectivity index (χ1n) is 8.07. The molecule has 0 amide bonds. The second-order valence-corrected chi connectivity index (χ2v) is 5.82. The third-order valence-corrected chi connectivity index (χ3v) is 4.26. The third kappa shape index (κ3) is 2.77. The first kappa shape index (κ1) is 15.4. The summed E-state index contributed by atoms with van der Waals surface area (Å²) >= 11 is 0. The molecule has 0 unspecified atom stereocenters. The molecule has 1 aromatic carbocycles. The Kier molecular flexibility index (Phi) is 3.95. The van der Waals surface area contributed by atoms with Crippen LogP contribution in [-0.2, 0) is 6.54 Å². The number of benzene rings is 1. The highest BCUT2D eigenvalue weighted by molar-refractivity contribution is 6.08. The van der Waals surface area contributed by atoms with Gasteiger partial charge in [0, 0.05) is 29.7 Å². The summed E-state index contributed by atoms with van der Waals surface area (Å²) in [6.45, 7) is 0.958. The van der Waals surface area contributed by atoms with Gasteiger partial charge in [-0.2, -0.15) is 0 Å². The van der Waals surface area contributed by atoms with Crippen molar-refractivity contribution in [3.63, 3.8) is 0 Å². The summed E-state index contributed by atoms with van der Waals surface area (Å²) in [5.74, 6) is 0.716. The smallest absolute Gasteiger partial charge is 0.180 e. The number of hydrogen-bond donors (Lipinski definition) is 3. The number of carbonyl (C=O) groups is 1. The number of ketones is 1. The van der Waals surface area contributed by atoms with E-state index in [0.29, 0.717) is 24.4 Å². The number of aromatic amines is 1. The van der Waals surface area contributed by atoms with Crippen LogP contribution in [0.3, 0.4) is 0 Å². The lowest BCUT2D eigenvalue weighted by Gasteiger charge is -2.15. The number of hydrogen-bond acceptors (Lipinski definition) is 5. The molecule has 0 saturated carbocycles. The van der Waals surface area contributed by atoms with Gasteiger partial charge in [0.25, 0.3) is 0 Å². The zero-order valence-electron chi connectivity index (χ0n) is 13.8. The van der Waals surface area contributed by atoms with Crippen molar-refractivity contribution in [1.82, 2.24) is 15.3 Å². The van der Waals surface area contributed by atoms with Crippen LogP contribution in [0.2, 0.25) is 0 Å². The SMILES string of the molecule is COc1cnccc1-c1[nH]c2c(c1Nc1ccccc1)C(=O)CNC2. The van der Waals surface area contributed by atoms with Gasteiger partial charge < -0.3 is 20.4 Å². The zero-order chi connectivity index (χ0) is 17.2. The average molecular weight is 334 g/mol. The Labute approximate surface area is 145 Å². The summed E-state index contributed by atoms with van der Waals surface area (Å²) in [6, 6.07) is 11.7. The molecule has 2 aromatic heterocycles. The Balaban J connectivity index is 1.90. The van der Waals surface area contributed by atoms with Gasteiger partial charge in [0.05, 0.1) is 36.8 Å². The first-order valence-corrected chi connectivity index (χ1v) is 8.07. The lowest BCUT2D eigenvalue weighted by molar-refractivity contribution is 0.0983. The van der Waals surface area contributed by atoms with E-state index in [1.54, 1.807) is 19.5 Å².